The summed E-state index contributed by atoms with van der Waals surface area (Å²) in [7, 11) is 0. The molecule has 140 valence electrons. The molecule has 0 unspecified atom stereocenters. The Balaban J connectivity index is 1.86. The summed E-state index contributed by atoms with van der Waals surface area (Å²) < 4.78 is 43.6. The molecule has 7 heteroatoms. The number of halogens is 4. The predicted octanol–water partition coefficient (Wildman–Crippen LogP) is 7.06. The van der Waals surface area contributed by atoms with E-state index >= 15 is 0 Å². The lowest BCUT2D eigenvalue weighted by Gasteiger charge is -2.17. The van der Waals surface area contributed by atoms with E-state index in [9.17, 15) is 18.0 Å². The van der Waals surface area contributed by atoms with Gasteiger partial charge in [-0.25, -0.2) is 0 Å². The molecule has 0 spiro atoms. The average Bonchev–Trinajstić information content (AvgIpc) is 3.17. The first-order valence-electron chi connectivity index (χ1n) is 7.99. The van der Waals surface area contributed by atoms with Gasteiger partial charge < -0.3 is 4.42 Å². The highest BCUT2D eigenvalue weighted by atomic mass is 35.5. The van der Waals surface area contributed by atoms with Crippen molar-refractivity contribution in [2.45, 2.75) is 22.7 Å². The highest BCUT2D eigenvalue weighted by Crippen LogP contribution is 2.40. The van der Waals surface area contributed by atoms with Crippen molar-refractivity contribution in [3.8, 4) is 0 Å². The van der Waals surface area contributed by atoms with Crippen LogP contribution in [0.2, 0.25) is 5.02 Å². The van der Waals surface area contributed by atoms with E-state index in [1.165, 1.54) is 30.2 Å². The zero-order valence-corrected chi connectivity index (χ0v) is 15.4. The van der Waals surface area contributed by atoms with E-state index in [1.54, 1.807) is 36.4 Å². The largest absolute Gasteiger partial charge is 0.461 e. The molecule has 1 heterocycles. The highest BCUT2D eigenvalue weighted by molar-refractivity contribution is 7.99. The van der Waals surface area contributed by atoms with Gasteiger partial charge >= 0.3 is 6.18 Å². The summed E-state index contributed by atoms with van der Waals surface area (Å²) >= 11 is 7.28. The number of ketones is 1. The molecule has 27 heavy (non-hydrogen) atoms. The minimum atomic E-state index is -4.40. The summed E-state index contributed by atoms with van der Waals surface area (Å²) in [6.45, 7) is 0. The Kier molecular flexibility index (Phi) is 5.97. The molecule has 0 aliphatic rings. The van der Waals surface area contributed by atoms with Crippen LogP contribution in [0.1, 0.15) is 33.4 Å². The van der Waals surface area contributed by atoms with Crippen molar-refractivity contribution in [2.24, 2.45) is 0 Å². The van der Waals surface area contributed by atoms with Crippen LogP contribution in [-0.2, 0) is 6.18 Å². The van der Waals surface area contributed by atoms with E-state index in [0.717, 1.165) is 17.0 Å². The van der Waals surface area contributed by atoms with Crippen molar-refractivity contribution in [1.29, 1.82) is 0 Å². The fraction of sp³-hybridized carbons (Fsp3) is 0.150. The van der Waals surface area contributed by atoms with Crippen LogP contribution in [0.3, 0.4) is 0 Å². The average molecular weight is 411 g/mol. The molecule has 0 saturated carbocycles. The fourth-order valence-corrected chi connectivity index (χ4v) is 3.77. The summed E-state index contributed by atoms with van der Waals surface area (Å²) in [6.07, 6.45) is -2.90. The standard InChI is InChI=1S/C20H14ClF3O2S/c21-15-7-9-16(10-8-15)27-19(12-17(25)18-2-1-11-26-18)13-3-5-14(6-4-13)20(22,23)24/h1-11,19H,12H2/t19-/m0/s1. The topological polar surface area (TPSA) is 30.2 Å². The molecule has 0 radical (unpaired) electrons. The highest BCUT2D eigenvalue weighted by Gasteiger charge is 2.30. The maximum absolute atomic E-state index is 12.8. The third-order valence-electron chi connectivity index (χ3n) is 3.87. The lowest BCUT2D eigenvalue weighted by Crippen LogP contribution is -2.07. The van der Waals surface area contributed by atoms with Gasteiger partial charge in [0, 0.05) is 21.6 Å². The van der Waals surface area contributed by atoms with E-state index in [0.29, 0.717) is 10.6 Å². The number of carbonyl (C=O) groups is 1. The lowest BCUT2D eigenvalue weighted by molar-refractivity contribution is -0.137. The summed E-state index contributed by atoms with van der Waals surface area (Å²) in [5, 5.41) is 0.211. The number of carbonyl (C=O) groups excluding carboxylic acids is 1. The zero-order valence-electron chi connectivity index (χ0n) is 13.9. The van der Waals surface area contributed by atoms with Crippen molar-refractivity contribution in [1.82, 2.24) is 0 Å². The normalized spacial score (nSPS) is 12.7. The molecule has 3 rings (SSSR count). The third-order valence-corrected chi connectivity index (χ3v) is 5.39. The Bertz CT molecular complexity index is 888. The number of benzene rings is 2. The van der Waals surface area contributed by atoms with Gasteiger partial charge in [-0.1, -0.05) is 23.7 Å². The molecule has 2 aromatic carbocycles. The second-order valence-corrected chi connectivity index (χ2v) is 7.50. The van der Waals surface area contributed by atoms with E-state index in [-0.39, 0.29) is 23.2 Å². The van der Waals surface area contributed by atoms with Crippen molar-refractivity contribution in [3.63, 3.8) is 0 Å². The molecule has 0 amide bonds. The van der Waals surface area contributed by atoms with E-state index in [2.05, 4.69) is 0 Å². The summed E-state index contributed by atoms with van der Waals surface area (Å²) in [5.74, 6) is 0.00924. The van der Waals surface area contributed by atoms with Crippen molar-refractivity contribution in [2.75, 3.05) is 0 Å². The quantitative estimate of drug-likeness (QED) is 0.322. The van der Waals surface area contributed by atoms with Crippen LogP contribution in [0.4, 0.5) is 13.2 Å². The van der Waals surface area contributed by atoms with Crippen LogP contribution in [0.25, 0.3) is 0 Å². The number of rotatable bonds is 6. The van der Waals surface area contributed by atoms with Crippen molar-refractivity contribution in [3.05, 3.63) is 88.8 Å². The summed E-state index contributed by atoms with van der Waals surface area (Å²) in [5.41, 5.74) is -0.0956. The Labute approximate surface area is 163 Å². The van der Waals surface area contributed by atoms with E-state index in [4.69, 9.17) is 16.0 Å². The molecule has 0 N–H and O–H groups in total. The molecule has 1 aromatic heterocycles. The first-order chi connectivity index (χ1) is 12.8. The van der Waals surface area contributed by atoms with Gasteiger partial charge in [0.1, 0.15) is 0 Å². The second kappa shape index (κ2) is 8.23. The SMILES string of the molecule is O=C(C[C@H](Sc1ccc(Cl)cc1)c1ccc(C(F)(F)F)cc1)c1ccco1. The van der Waals surface area contributed by atoms with Gasteiger partial charge in [0.05, 0.1) is 11.8 Å². The second-order valence-electron chi connectivity index (χ2n) is 5.78. The minimum absolute atomic E-state index is 0.0895. The van der Waals surface area contributed by atoms with Crippen molar-refractivity contribution >= 4 is 29.1 Å². The third kappa shape index (κ3) is 5.17. The first kappa shape index (κ1) is 19.6. The van der Waals surface area contributed by atoms with Crippen LogP contribution >= 0.6 is 23.4 Å². The van der Waals surface area contributed by atoms with Gasteiger partial charge in [-0.3, -0.25) is 4.79 Å². The number of alkyl halides is 3. The van der Waals surface area contributed by atoms with Gasteiger partial charge in [0.25, 0.3) is 0 Å². The fourth-order valence-electron chi connectivity index (χ4n) is 2.50. The van der Waals surface area contributed by atoms with Gasteiger partial charge in [-0.05, 0) is 54.1 Å². The predicted molar refractivity (Wildman–Crippen MR) is 99.1 cm³/mol. The van der Waals surface area contributed by atoms with E-state index < -0.39 is 11.7 Å². The molecule has 0 fully saturated rings. The number of hydrogen-bond acceptors (Lipinski definition) is 3. The molecule has 0 aliphatic carbocycles. The molecule has 0 saturated heterocycles. The smallest absolute Gasteiger partial charge is 0.416 e. The zero-order chi connectivity index (χ0) is 19.4. The molecule has 0 bridgehead atoms. The van der Waals surface area contributed by atoms with Crippen LogP contribution in [0.15, 0.2) is 76.2 Å². The van der Waals surface area contributed by atoms with Gasteiger partial charge in [-0.2, -0.15) is 13.2 Å². The molecule has 0 aliphatic heterocycles. The summed E-state index contributed by atoms with van der Waals surface area (Å²) in [4.78, 5) is 13.3. The van der Waals surface area contributed by atoms with Crippen LogP contribution in [0, 0.1) is 0 Å². The van der Waals surface area contributed by atoms with Gasteiger partial charge in [0.2, 0.25) is 0 Å². The molecule has 3 aromatic rings. The maximum atomic E-state index is 12.8. The number of thioether (sulfide) groups is 1. The molecular weight excluding hydrogens is 397 g/mol. The molecule has 1 atom stereocenters. The van der Waals surface area contributed by atoms with Crippen LogP contribution in [0.5, 0.6) is 0 Å². The summed E-state index contributed by atoms with van der Waals surface area (Å²) in [6, 6.07) is 15.1. The first-order valence-corrected chi connectivity index (χ1v) is 9.25. The lowest BCUT2D eigenvalue weighted by atomic mass is 10.0. The van der Waals surface area contributed by atoms with Crippen molar-refractivity contribution < 1.29 is 22.4 Å². The van der Waals surface area contributed by atoms with Gasteiger partial charge in [0.15, 0.2) is 11.5 Å². The Morgan fingerprint density at radius 1 is 1.04 bits per heavy atom. The minimum Gasteiger partial charge on any atom is -0.461 e. The maximum Gasteiger partial charge on any atom is 0.416 e. The van der Waals surface area contributed by atoms with E-state index in [1.807, 2.05) is 0 Å². The monoisotopic (exact) mass is 410 g/mol. The number of furan rings is 1. The van der Waals surface area contributed by atoms with Crippen LogP contribution in [-0.4, -0.2) is 5.78 Å². The van der Waals surface area contributed by atoms with Crippen LogP contribution < -0.4 is 0 Å². The Morgan fingerprint density at radius 3 is 2.26 bits per heavy atom. The molecule has 2 nitrogen and oxygen atoms in total. The molecular formula is C20H14ClF3O2S. The number of Topliss-reactive ketones (excluding diaryl/α,β-unsaturated/α-hetero) is 1. The van der Waals surface area contributed by atoms with Gasteiger partial charge in [-0.15, -0.1) is 11.8 Å². The Hall–Kier alpha value is -2.18. The Morgan fingerprint density at radius 2 is 1.70 bits per heavy atom. The number of hydrogen-bond donors (Lipinski definition) is 0.